The molecule has 4 rings (SSSR count). The van der Waals surface area contributed by atoms with Gasteiger partial charge in [0.05, 0.1) is 23.7 Å². The number of rotatable bonds is 6. The molecule has 2 aliphatic rings. The third-order valence-electron chi connectivity index (χ3n) is 5.22. The average Bonchev–Trinajstić information content (AvgIpc) is 3.29. The maximum atomic E-state index is 13.1. The zero-order valence-corrected chi connectivity index (χ0v) is 15.2. The summed E-state index contributed by atoms with van der Waals surface area (Å²) in [5.74, 6) is -2.41. The van der Waals surface area contributed by atoms with E-state index in [1.54, 1.807) is 29.0 Å². The summed E-state index contributed by atoms with van der Waals surface area (Å²) in [6, 6.07) is 9.71. The minimum atomic E-state index is -0.656. The van der Waals surface area contributed by atoms with Gasteiger partial charge in [-0.1, -0.05) is 30.3 Å². The first-order valence-electron chi connectivity index (χ1n) is 9.21. The van der Waals surface area contributed by atoms with Gasteiger partial charge in [0.15, 0.2) is 0 Å². The summed E-state index contributed by atoms with van der Waals surface area (Å²) in [5.41, 5.74) is 1.63. The monoisotopic (exact) mass is 366 g/mol. The number of carbonyl (C=O) groups excluding carboxylic acids is 3. The molecule has 0 spiro atoms. The van der Waals surface area contributed by atoms with E-state index in [0.717, 1.165) is 18.4 Å². The Hall–Kier alpha value is -2.96. The molecule has 1 aromatic heterocycles. The van der Waals surface area contributed by atoms with Gasteiger partial charge in [-0.25, -0.2) is 0 Å². The van der Waals surface area contributed by atoms with Crippen LogP contribution in [0.25, 0.3) is 0 Å². The lowest BCUT2D eigenvalue weighted by molar-refractivity contribution is -0.141. The van der Waals surface area contributed by atoms with Crippen LogP contribution in [0.5, 0.6) is 0 Å². The minimum Gasteiger partial charge on any atom is -0.347 e. The normalized spacial score (nSPS) is 22.1. The number of anilines is 1. The number of ketones is 1. The maximum absolute atomic E-state index is 13.1. The number of aryl methyl sites for hydroxylation is 1. The molecule has 0 radical (unpaired) electrons. The Labute approximate surface area is 157 Å². The lowest BCUT2D eigenvalue weighted by atomic mass is 9.86. The molecule has 0 bridgehead atoms. The Kier molecular flexibility index (Phi) is 4.51. The topological polar surface area (TPSA) is 84.3 Å². The van der Waals surface area contributed by atoms with E-state index >= 15 is 0 Å². The molecule has 2 amide bonds. The average molecular weight is 366 g/mol. The molecule has 2 aromatic rings. The van der Waals surface area contributed by atoms with Crippen molar-refractivity contribution in [2.75, 3.05) is 11.4 Å². The van der Waals surface area contributed by atoms with Crippen molar-refractivity contribution in [3.05, 3.63) is 48.3 Å². The molecule has 1 aliphatic carbocycles. The van der Waals surface area contributed by atoms with E-state index < -0.39 is 23.5 Å². The van der Waals surface area contributed by atoms with Crippen molar-refractivity contribution in [3.8, 4) is 0 Å². The fourth-order valence-corrected chi connectivity index (χ4v) is 3.58. The number of hydrogen-bond acceptors (Lipinski definition) is 4. The number of amides is 2. The fraction of sp³-hybridized carbons (Fsp3) is 0.400. The van der Waals surface area contributed by atoms with Crippen LogP contribution in [0.2, 0.25) is 0 Å². The van der Waals surface area contributed by atoms with Crippen LogP contribution in [0.15, 0.2) is 42.7 Å². The van der Waals surface area contributed by atoms with Crippen LogP contribution in [0, 0.1) is 11.8 Å². The predicted octanol–water partition coefficient (Wildman–Crippen LogP) is 1.09. The van der Waals surface area contributed by atoms with Crippen molar-refractivity contribution in [3.63, 3.8) is 0 Å². The van der Waals surface area contributed by atoms with E-state index in [0.29, 0.717) is 12.1 Å². The number of Topliss-reactive ketones (excluding diaryl/α,β-unsaturated/α-hetero) is 1. The molecule has 1 aliphatic heterocycles. The van der Waals surface area contributed by atoms with Crippen LogP contribution < -0.4 is 10.2 Å². The molecule has 7 nitrogen and oxygen atoms in total. The highest BCUT2D eigenvalue weighted by Gasteiger charge is 2.47. The number of carbonyl (C=O) groups is 3. The summed E-state index contributed by atoms with van der Waals surface area (Å²) in [4.78, 5) is 39.8. The highest BCUT2D eigenvalue weighted by molar-refractivity contribution is 6.38. The quantitative estimate of drug-likeness (QED) is 0.776. The van der Waals surface area contributed by atoms with Crippen LogP contribution in [0.4, 0.5) is 5.69 Å². The molecule has 1 saturated carbocycles. The highest BCUT2D eigenvalue weighted by atomic mass is 16.2. The smallest absolute Gasteiger partial charge is 0.287 e. The second-order valence-electron chi connectivity index (χ2n) is 7.34. The number of benzene rings is 1. The van der Waals surface area contributed by atoms with Gasteiger partial charge in [-0.3, -0.25) is 19.1 Å². The van der Waals surface area contributed by atoms with E-state index in [1.165, 1.54) is 0 Å². The zero-order chi connectivity index (χ0) is 19.0. The van der Waals surface area contributed by atoms with Crippen LogP contribution in [-0.4, -0.2) is 40.0 Å². The standard InChI is InChI=1S/C20H22N4O3/c1-23-11-15(10-21-23)24-12-17(18(25)19(26)22-14-7-8-14)16(20(24)27)9-13-5-3-2-4-6-13/h2-6,10-11,14,16-17H,7-9,12H2,1H3,(H,22,26)/t16-,17+/m1/s1. The Morgan fingerprint density at radius 1 is 1.22 bits per heavy atom. The van der Waals surface area contributed by atoms with Crippen molar-refractivity contribution >= 4 is 23.3 Å². The zero-order valence-electron chi connectivity index (χ0n) is 15.2. The van der Waals surface area contributed by atoms with Crippen LogP contribution in [-0.2, 0) is 27.9 Å². The summed E-state index contributed by atoms with van der Waals surface area (Å²) >= 11 is 0. The summed E-state index contributed by atoms with van der Waals surface area (Å²) in [7, 11) is 1.78. The van der Waals surface area contributed by atoms with E-state index in [-0.39, 0.29) is 18.5 Å². The summed E-state index contributed by atoms with van der Waals surface area (Å²) in [5, 5.41) is 6.87. The van der Waals surface area contributed by atoms with Crippen molar-refractivity contribution in [2.24, 2.45) is 18.9 Å². The second kappa shape index (κ2) is 6.98. The van der Waals surface area contributed by atoms with Gasteiger partial charge in [0.25, 0.3) is 5.91 Å². The van der Waals surface area contributed by atoms with E-state index in [9.17, 15) is 14.4 Å². The highest BCUT2D eigenvalue weighted by Crippen LogP contribution is 2.33. The van der Waals surface area contributed by atoms with Gasteiger partial charge >= 0.3 is 0 Å². The first-order valence-corrected chi connectivity index (χ1v) is 9.21. The molecule has 27 heavy (non-hydrogen) atoms. The first kappa shape index (κ1) is 17.5. The second-order valence-corrected chi connectivity index (χ2v) is 7.34. The van der Waals surface area contributed by atoms with Crippen molar-refractivity contribution in [1.29, 1.82) is 0 Å². The molecule has 1 aromatic carbocycles. The van der Waals surface area contributed by atoms with Gasteiger partial charge in [0, 0.05) is 25.8 Å². The van der Waals surface area contributed by atoms with E-state index in [4.69, 9.17) is 0 Å². The Balaban J connectivity index is 1.59. The number of hydrogen-bond donors (Lipinski definition) is 1. The van der Waals surface area contributed by atoms with E-state index in [2.05, 4.69) is 10.4 Å². The van der Waals surface area contributed by atoms with Gasteiger partial charge in [-0.2, -0.15) is 5.10 Å². The van der Waals surface area contributed by atoms with E-state index in [1.807, 2.05) is 30.3 Å². The Morgan fingerprint density at radius 3 is 2.59 bits per heavy atom. The first-order chi connectivity index (χ1) is 13.0. The molecule has 2 atom stereocenters. The molecular weight excluding hydrogens is 344 g/mol. The molecule has 1 N–H and O–H groups in total. The molecule has 2 fully saturated rings. The molecule has 2 heterocycles. The summed E-state index contributed by atoms with van der Waals surface area (Å²) < 4.78 is 1.61. The van der Waals surface area contributed by atoms with Crippen molar-refractivity contribution < 1.29 is 14.4 Å². The van der Waals surface area contributed by atoms with Gasteiger partial charge in [-0.05, 0) is 24.8 Å². The largest absolute Gasteiger partial charge is 0.347 e. The lowest BCUT2D eigenvalue weighted by Gasteiger charge is -2.15. The predicted molar refractivity (Wildman–Crippen MR) is 98.9 cm³/mol. The Morgan fingerprint density at radius 2 is 1.96 bits per heavy atom. The number of nitrogens with zero attached hydrogens (tertiary/aromatic N) is 3. The molecule has 140 valence electrons. The van der Waals surface area contributed by atoms with Crippen LogP contribution in [0.1, 0.15) is 18.4 Å². The molecule has 7 heteroatoms. The summed E-state index contributed by atoms with van der Waals surface area (Å²) in [6.07, 6.45) is 5.61. The van der Waals surface area contributed by atoms with Crippen LogP contribution in [0.3, 0.4) is 0 Å². The summed E-state index contributed by atoms with van der Waals surface area (Å²) in [6.45, 7) is 0.207. The third kappa shape index (κ3) is 3.63. The van der Waals surface area contributed by atoms with Crippen molar-refractivity contribution in [1.82, 2.24) is 15.1 Å². The maximum Gasteiger partial charge on any atom is 0.287 e. The lowest BCUT2D eigenvalue weighted by Crippen LogP contribution is -2.39. The van der Waals surface area contributed by atoms with Gasteiger partial charge in [0.1, 0.15) is 0 Å². The van der Waals surface area contributed by atoms with Gasteiger partial charge < -0.3 is 10.2 Å². The number of nitrogens with one attached hydrogen (secondary N) is 1. The molecule has 1 saturated heterocycles. The third-order valence-corrected chi connectivity index (χ3v) is 5.22. The van der Waals surface area contributed by atoms with Crippen molar-refractivity contribution in [2.45, 2.75) is 25.3 Å². The van der Waals surface area contributed by atoms with Gasteiger partial charge in [0.2, 0.25) is 11.7 Å². The number of aromatic nitrogens is 2. The van der Waals surface area contributed by atoms with Crippen LogP contribution >= 0.6 is 0 Å². The SMILES string of the molecule is Cn1cc(N2C[C@H](C(=O)C(=O)NC3CC3)[C@@H](Cc3ccccc3)C2=O)cn1. The molecular formula is C20H22N4O3. The Bertz CT molecular complexity index is 872. The fourth-order valence-electron chi connectivity index (χ4n) is 3.58. The minimum absolute atomic E-state index is 0.112. The van der Waals surface area contributed by atoms with Gasteiger partial charge in [-0.15, -0.1) is 0 Å². The molecule has 0 unspecified atom stereocenters.